The Labute approximate surface area is 78.7 Å². The topological polar surface area (TPSA) is 26.0 Å². The van der Waals surface area contributed by atoms with Crippen LogP contribution in [0.2, 0.25) is 0 Å². The number of rotatable bonds is 1. The molecule has 0 saturated carbocycles. The summed E-state index contributed by atoms with van der Waals surface area (Å²) in [6.45, 7) is 0. The molecule has 0 saturated heterocycles. The van der Waals surface area contributed by atoms with Crippen LogP contribution in [0.1, 0.15) is 5.56 Å². The van der Waals surface area contributed by atoms with Gasteiger partial charge in [-0.1, -0.05) is 0 Å². The molecule has 0 atom stereocenters. The normalized spacial score (nSPS) is 9.80. The minimum absolute atomic E-state index is 0.489. The number of halogens is 2. The number of alkyl halides is 1. The molecule has 0 unspecified atom stereocenters. The van der Waals surface area contributed by atoms with E-state index >= 15 is 0 Å². The van der Waals surface area contributed by atoms with Gasteiger partial charge in [0.15, 0.2) is 0 Å². The molecule has 1 nitrogen and oxygen atoms in total. The van der Waals surface area contributed by atoms with Crippen LogP contribution in [-0.4, -0.2) is 0 Å². The van der Waals surface area contributed by atoms with Gasteiger partial charge in [-0.2, -0.15) is 0 Å². The van der Waals surface area contributed by atoms with Crippen molar-refractivity contribution in [1.82, 2.24) is 0 Å². The van der Waals surface area contributed by atoms with Gasteiger partial charge < -0.3 is 5.73 Å². The first kappa shape index (κ1) is 8.14. The van der Waals surface area contributed by atoms with Gasteiger partial charge in [-0.05, 0) is 46.4 Å². The zero-order valence-electron chi connectivity index (χ0n) is 5.27. The predicted molar refractivity (Wildman–Crippen MR) is 53.1 cm³/mol. The fraction of sp³-hybridized carbons (Fsp3) is 0.143. The molecular weight excluding hydrogens is 260 g/mol. The second-order valence-electron chi connectivity index (χ2n) is 1.98. The van der Waals surface area contributed by atoms with E-state index in [1.807, 2.05) is 18.2 Å². The van der Waals surface area contributed by atoms with Gasteiger partial charge in [0.2, 0.25) is 0 Å². The fourth-order valence-electron chi connectivity index (χ4n) is 0.690. The van der Waals surface area contributed by atoms with E-state index in [2.05, 4.69) is 22.6 Å². The van der Waals surface area contributed by atoms with Crippen LogP contribution in [0.5, 0.6) is 0 Å². The zero-order chi connectivity index (χ0) is 7.56. The Hall–Kier alpha value is 0.0400. The van der Waals surface area contributed by atoms with Crippen molar-refractivity contribution in [3.8, 4) is 0 Å². The highest BCUT2D eigenvalue weighted by Gasteiger charge is 1.96. The summed E-state index contributed by atoms with van der Waals surface area (Å²) in [7, 11) is 0. The SMILES string of the molecule is Nc1ccc(I)cc1CCl. The summed E-state index contributed by atoms with van der Waals surface area (Å²) in [5.74, 6) is 0.489. The van der Waals surface area contributed by atoms with Crippen LogP contribution in [0.15, 0.2) is 18.2 Å². The molecule has 1 rings (SSSR count). The Morgan fingerprint density at radius 2 is 2.20 bits per heavy atom. The highest BCUT2D eigenvalue weighted by atomic mass is 127. The van der Waals surface area contributed by atoms with E-state index in [0.29, 0.717) is 5.88 Å². The first-order chi connectivity index (χ1) is 4.74. The summed E-state index contributed by atoms with van der Waals surface area (Å²) in [5, 5.41) is 0. The minimum Gasteiger partial charge on any atom is -0.398 e. The summed E-state index contributed by atoms with van der Waals surface area (Å²) in [4.78, 5) is 0. The number of nitrogen functional groups attached to an aromatic ring is 1. The van der Waals surface area contributed by atoms with Crippen molar-refractivity contribution in [1.29, 1.82) is 0 Å². The van der Waals surface area contributed by atoms with E-state index in [9.17, 15) is 0 Å². The molecule has 0 bridgehead atoms. The molecule has 10 heavy (non-hydrogen) atoms. The van der Waals surface area contributed by atoms with E-state index in [-0.39, 0.29) is 0 Å². The standard InChI is InChI=1S/C7H7ClIN/c8-4-5-3-6(9)1-2-7(5)10/h1-3H,4,10H2. The second kappa shape index (κ2) is 3.44. The Balaban J connectivity index is 3.09. The van der Waals surface area contributed by atoms with Gasteiger partial charge in [-0.15, -0.1) is 11.6 Å². The van der Waals surface area contributed by atoms with Crippen LogP contribution in [-0.2, 0) is 5.88 Å². The third kappa shape index (κ3) is 1.76. The summed E-state index contributed by atoms with van der Waals surface area (Å²) in [5.41, 5.74) is 7.39. The molecule has 0 fully saturated rings. The Kier molecular flexibility index (Phi) is 2.80. The lowest BCUT2D eigenvalue weighted by Crippen LogP contribution is -1.91. The average Bonchev–Trinajstić information content (AvgIpc) is 1.94. The van der Waals surface area contributed by atoms with Crippen molar-refractivity contribution >= 4 is 39.9 Å². The molecule has 0 radical (unpaired) electrons. The third-order valence-corrected chi connectivity index (χ3v) is 2.21. The molecule has 0 aliphatic carbocycles. The lowest BCUT2D eigenvalue weighted by Gasteiger charge is -2.00. The van der Waals surface area contributed by atoms with Crippen molar-refractivity contribution in [2.75, 3.05) is 5.73 Å². The van der Waals surface area contributed by atoms with Gasteiger partial charge in [0.25, 0.3) is 0 Å². The Bertz CT molecular complexity index is 237. The fourth-order valence-corrected chi connectivity index (χ4v) is 1.48. The van der Waals surface area contributed by atoms with E-state index < -0.39 is 0 Å². The van der Waals surface area contributed by atoms with Crippen LogP contribution >= 0.6 is 34.2 Å². The maximum atomic E-state index is 5.62. The molecule has 2 N–H and O–H groups in total. The van der Waals surface area contributed by atoms with Crippen molar-refractivity contribution < 1.29 is 0 Å². The molecule has 0 aliphatic rings. The summed E-state index contributed by atoms with van der Waals surface area (Å²) >= 11 is 7.85. The molecule has 54 valence electrons. The lowest BCUT2D eigenvalue weighted by molar-refractivity contribution is 1.39. The van der Waals surface area contributed by atoms with Crippen LogP contribution in [0.4, 0.5) is 5.69 Å². The van der Waals surface area contributed by atoms with E-state index in [0.717, 1.165) is 11.3 Å². The Morgan fingerprint density at radius 1 is 1.50 bits per heavy atom. The van der Waals surface area contributed by atoms with Crippen LogP contribution in [0.3, 0.4) is 0 Å². The van der Waals surface area contributed by atoms with Crippen LogP contribution < -0.4 is 5.73 Å². The average molecular weight is 267 g/mol. The van der Waals surface area contributed by atoms with Crippen molar-refractivity contribution in [3.63, 3.8) is 0 Å². The smallest absolute Gasteiger partial charge is 0.0494 e. The van der Waals surface area contributed by atoms with Crippen molar-refractivity contribution in [3.05, 3.63) is 27.3 Å². The van der Waals surface area contributed by atoms with Gasteiger partial charge in [0, 0.05) is 15.1 Å². The molecular formula is C7H7ClIN. The van der Waals surface area contributed by atoms with Gasteiger partial charge in [0.1, 0.15) is 0 Å². The summed E-state index contributed by atoms with van der Waals surface area (Å²) in [6, 6.07) is 5.83. The second-order valence-corrected chi connectivity index (χ2v) is 3.49. The number of benzene rings is 1. The van der Waals surface area contributed by atoms with Gasteiger partial charge >= 0.3 is 0 Å². The highest BCUT2D eigenvalue weighted by Crippen LogP contribution is 2.16. The van der Waals surface area contributed by atoms with E-state index in [1.54, 1.807) is 0 Å². The molecule has 1 aromatic rings. The number of hydrogen-bond acceptors (Lipinski definition) is 1. The molecule has 0 aromatic heterocycles. The largest absolute Gasteiger partial charge is 0.398 e. The van der Waals surface area contributed by atoms with Crippen LogP contribution in [0, 0.1) is 3.57 Å². The maximum absolute atomic E-state index is 5.62. The predicted octanol–water partition coefficient (Wildman–Crippen LogP) is 2.61. The lowest BCUT2D eigenvalue weighted by atomic mass is 10.2. The summed E-state index contributed by atoms with van der Waals surface area (Å²) < 4.78 is 1.17. The number of anilines is 1. The molecule has 0 aliphatic heterocycles. The first-order valence-electron chi connectivity index (χ1n) is 2.84. The van der Waals surface area contributed by atoms with Gasteiger partial charge in [-0.3, -0.25) is 0 Å². The zero-order valence-corrected chi connectivity index (χ0v) is 8.19. The molecule has 0 spiro atoms. The van der Waals surface area contributed by atoms with E-state index in [1.165, 1.54) is 3.57 Å². The molecule has 0 heterocycles. The van der Waals surface area contributed by atoms with E-state index in [4.69, 9.17) is 17.3 Å². The minimum atomic E-state index is 0.489. The van der Waals surface area contributed by atoms with Crippen molar-refractivity contribution in [2.45, 2.75) is 5.88 Å². The highest BCUT2D eigenvalue weighted by molar-refractivity contribution is 14.1. The third-order valence-electron chi connectivity index (χ3n) is 1.25. The van der Waals surface area contributed by atoms with Gasteiger partial charge in [-0.25, -0.2) is 0 Å². The van der Waals surface area contributed by atoms with Gasteiger partial charge in [0.05, 0.1) is 0 Å². The quantitative estimate of drug-likeness (QED) is 0.472. The Morgan fingerprint density at radius 3 is 2.70 bits per heavy atom. The maximum Gasteiger partial charge on any atom is 0.0494 e. The summed E-state index contributed by atoms with van der Waals surface area (Å²) in [6.07, 6.45) is 0. The number of hydrogen-bond donors (Lipinski definition) is 1. The molecule has 1 aromatic carbocycles. The van der Waals surface area contributed by atoms with Crippen molar-refractivity contribution in [2.24, 2.45) is 0 Å². The first-order valence-corrected chi connectivity index (χ1v) is 4.45. The molecule has 3 heteroatoms. The number of nitrogens with two attached hydrogens (primary N) is 1. The van der Waals surface area contributed by atoms with Crippen LogP contribution in [0.25, 0.3) is 0 Å². The molecule has 0 amide bonds. The monoisotopic (exact) mass is 267 g/mol.